The lowest BCUT2D eigenvalue weighted by molar-refractivity contribution is -0.136. The third-order valence-corrected chi connectivity index (χ3v) is 3.52. The van der Waals surface area contributed by atoms with Gasteiger partial charge in [-0.05, 0) is 27.7 Å². The van der Waals surface area contributed by atoms with E-state index in [9.17, 15) is 9.59 Å². The van der Waals surface area contributed by atoms with Gasteiger partial charge in [-0.25, -0.2) is 0 Å². The first-order valence-electron chi connectivity index (χ1n) is 4.90. The Morgan fingerprint density at radius 2 is 1.12 bits per heavy atom. The van der Waals surface area contributed by atoms with E-state index in [1.165, 1.54) is 0 Å². The van der Waals surface area contributed by atoms with Crippen LogP contribution in [0.4, 0.5) is 0 Å². The molecule has 0 saturated carbocycles. The minimum atomic E-state index is -0.722. The van der Waals surface area contributed by atoms with Gasteiger partial charge >= 0.3 is 0 Å². The fourth-order valence-corrected chi connectivity index (χ4v) is 0.816. The van der Waals surface area contributed by atoms with Crippen molar-refractivity contribution in [2.45, 2.75) is 27.7 Å². The Morgan fingerprint density at radius 3 is 1.31 bits per heavy atom. The van der Waals surface area contributed by atoms with Gasteiger partial charge < -0.3 is 0 Å². The van der Waals surface area contributed by atoms with E-state index in [1.807, 2.05) is 0 Å². The van der Waals surface area contributed by atoms with Crippen molar-refractivity contribution in [3.05, 3.63) is 0 Å². The Labute approximate surface area is 106 Å². The summed E-state index contributed by atoms with van der Waals surface area (Å²) in [6, 6.07) is 0. The predicted octanol–water partition coefficient (Wildman–Crippen LogP) is 1.66. The molecule has 0 rings (SSSR count). The minimum absolute atomic E-state index is 0.174. The average Bonchev–Trinajstić information content (AvgIpc) is 2.24. The molecule has 6 heteroatoms. The lowest BCUT2D eigenvalue weighted by Gasteiger charge is -2.24. The fourth-order valence-electron chi connectivity index (χ4n) is 0.573. The van der Waals surface area contributed by atoms with Crippen LogP contribution in [-0.2, 0) is 9.59 Å². The van der Waals surface area contributed by atoms with Crippen molar-refractivity contribution in [1.29, 1.82) is 0 Å². The van der Waals surface area contributed by atoms with Gasteiger partial charge in [0.1, 0.15) is 0 Å². The van der Waals surface area contributed by atoms with Crippen molar-refractivity contribution < 1.29 is 9.59 Å². The number of hydrogen-bond acceptors (Lipinski definition) is 2. The molecule has 2 amide bonds. The number of hydrogen-bond donors (Lipinski definition) is 2. The van der Waals surface area contributed by atoms with Crippen LogP contribution >= 0.6 is 23.2 Å². The molecular formula is C10H18Cl2N2O2. The Balaban J connectivity index is 4.28. The number of nitrogens with one attached hydrogen (secondary N) is 2. The topological polar surface area (TPSA) is 58.2 Å². The molecule has 0 aromatic carbocycles. The van der Waals surface area contributed by atoms with E-state index < -0.39 is 10.8 Å². The molecule has 0 unspecified atom stereocenters. The van der Waals surface area contributed by atoms with Crippen LogP contribution in [0.15, 0.2) is 0 Å². The molecule has 0 bridgehead atoms. The van der Waals surface area contributed by atoms with E-state index in [0.29, 0.717) is 0 Å². The number of carbonyl (C=O) groups excluding carboxylic acids is 2. The molecule has 0 aromatic rings. The quantitative estimate of drug-likeness (QED) is 0.602. The lowest BCUT2D eigenvalue weighted by atomic mass is 9.95. The normalized spacial score (nSPS) is 12.1. The summed E-state index contributed by atoms with van der Waals surface area (Å²) in [5, 5.41) is 0. The van der Waals surface area contributed by atoms with Crippen LogP contribution in [0.1, 0.15) is 27.7 Å². The van der Waals surface area contributed by atoms with Gasteiger partial charge in [-0.2, -0.15) is 0 Å². The van der Waals surface area contributed by atoms with Gasteiger partial charge in [-0.15, -0.1) is 23.2 Å². The summed E-state index contributed by atoms with van der Waals surface area (Å²) in [4.78, 5) is 23.1. The summed E-state index contributed by atoms with van der Waals surface area (Å²) in [7, 11) is 0. The molecule has 0 aliphatic carbocycles. The van der Waals surface area contributed by atoms with Gasteiger partial charge in [0.25, 0.3) is 0 Å². The van der Waals surface area contributed by atoms with Gasteiger partial charge in [0.2, 0.25) is 11.8 Å². The van der Waals surface area contributed by atoms with Crippen LogP contribution in [0.2, 0.25) is 0 Å². The SMILES string of the molecule is CC(C)(CCl)C(=O)NNC(=O)C(C)(C)CCl. The second-order valence-electron chi connectivity index (χ2n) is 4.94. The summed E-state index contributed by atoms with van der Waals surface area (Å²) in [6.45, 7) is 6.75. The first-order chi connectivity index (χ1) is 7.17. The third kappa shape index (κ3) is 4.18. The Morgan fingerprint density at radius 1 is 0.875 bits per heavy atom. The van der Waals surface area contributed by atoms with Crippen LogP contribution in [0.3, 0.4) is 0 Å². The van der Waals surface area contributed by atoms with Gasteiger partial charge in [-0.1, -0.05) is 0 Å². The summed E-state index contributed by atoms with van der Waals surface area (Å²) in [5.41, 5.74) is 3.22. The van der Waals surface area contributed by atoms with Crippen LogP contribution in [-0.4, -0.2) is 23.6 Å². The third-order valence-electron chi connectivity index (χ3n) is 2.19. The predicted molar refractivity (Wildman–Crippen MR) is 65.3 cm³/mol. The molecule has 4 nitrogen and oxygen atoms in total. The molecule has 0 radical (unpaired) electrons. The largest absolute Gasteiger partial charge is 0.273 e. The van der Waals surface area contributed by atoms with Crippen LogP contribution in [0, 0.1) is 10.8 Å². The van der Waals surface area contributed by atoms with E-state index in [2.05, 4.69) is 10.9 Å². The highest BCUT2D eigenvalue weighted by Gasteiger charge is 2.30. The highest BCUT2D eigenvalue weighted by atomic mass is 35.5. The van der Waals surface area contributed by atoms with Gasteiger partial charge in [0, 0.05) is 11.8 Å². The molecule has 0 saturated heterocycles. The van der Waals surface area contributed by atoms with Crippen LogP contribution in [0.5, 0.6) is 0 Å². The summed E-state index contributed by atoms with van der Waals surface area (Å²) < 4.78 is 0. The van der Waals surface area contributed by atoms with Crippen molar-refractivity contribution in [1.82, 2.24) is 10.9 Å². The highest BCUT2D eigenvalue weighted by Crippen LogP contribution is 2.18. The number of rotatable bonds is 4. The van der Waals surface area contributed by atoms with Crippen molar-refractivity contribution in [2.24, 2.45) is 10.8 Å². The second kappa shape index (κ2) is 5.73. The monoisotopic (exact) mass is 268 g/mol. The number of alkyl halides is 2. The van der Waals surface area contributed by atoms with E-state index in [-0.39, 0.29) is 23.6 Å². The Kier molecular flexibility index (Phi) is 5.56. The van der Waals surface area contributed by atoms with Crippen LogP contribution < -0.4 is 10.9 Å². The smallest absolute Gasteiger partial charge is 0.245 e. The minimum Gasteiger partial charge on any atom is -0.273 e. The van der Waals surface area contributed by atoms with Gasteiger partial charge in [0.15, 0.2) is 0 Å². The number of carbonyl (C=O) groups is 2. The molecular weight excluding hydrogens is 251 g/mol. The second-order valence-corrected chi connectivity index (χ2v) is 5.48. The maximum atomic E-state index is 11.6. The van der Waals surface area contributed by atoms with Crippen LogP contribution in [0.25, 0.3) is 0 Å². The summed E-state index contributed by atoms with van der Waals surface area (Å²) in [5.74, 6) is -0.316. The van der Waals surface area contributed by atoms with E-state index in [0.717, 1.165) is 0 Å². The molecule has 0 fully saturated rings. The van der Waals surface area contributed by atoms with Crippen molar-refractivity contribution in [3.8, 4) is 0 Å². The fraction of sp³-hybridized carbons (Fsp3) is 0.800. The molecule has 94 valence electrons. The Bertz CT molecular complexity index is 250. The zero-order valence-electron chi connectivity index (χ0n) is 9.99. The van der Waals surface area contributed by atoms with Crippen molar-refractivity contribution >= 4 is 35.0 Å². The highest BCUT2D eigenvalue weighted by molar-refractivity contribution is 6.20. The standard InChI is InChI=1S/C10H18Cl2N2O2/c1-9(2,5-11)7(15)13-14-8(16)10(3,4)6-12/h5-6H2,1-4H3,(H,13,15)(H,14,16). The van der Waals surface area contributed by atoms with E-state index in [1.54, 1.807) is 27.7 Å². The molecule has 0 aliphatic heterocycles. The zero-order valence-corrected chi connectivity index (χ0v) is 11.5. The molecule has 2 N–H and O–H groups in total. The number of halogens is 2. The Hall–Kier alpha value is -0.480. The molecule has 0 atom stereocenters. The van der Waals surface area contributed by atoms with Gasteiger partial charge in [-0.3, -0.25) is 20.4 Å². The summed E-state index contributed by atoms with van der Waals surface area (Å²) in [6.07, 6.45) is 0. The maximum absolute atomic E-state index is 11.6. The zero-order chi connectivity index (χ0) is 13.0. The molecule has 0 spiro atoms. The van der Waals surface area contributed by atoms with Crippen molar-refractivity contribution in [2.75, 3.05) is 11.8 Å². The number of hydrazine groups is 1. The van der Waals surface area contributed by atoms with E-state index in [4.69, 9.17) is 23.2 Å². The van der Waals surface area contributed by atoms with E-state index >= 15 is 0 Å². The molecule has 0 aliphatic rings. The molecule has 0 heterocycles. The average molecular weight is 269 g/mol. The first kappa shape index (κ1) is 15.5. The van der Waals surface area contributed by atoms with Crippen molar-refractivity contribution in [3.63, 3.8) is 0 Å². The number of amides is 2. The lowest BCUT2D eigenvalue weighted by Crippen LogP contribution is -2.52. The molecule has 16 heavy (non-hydrogen) atoms. The first-order valence-corrected chi connectivity index (χ1v) is 5.97. The maximum Gasteiger partial charge on any atom is 0.245 e. The van der Waals surface area contributed by atoms with Gasteiger partial charge in [0.05, 0.1) is 10.8 Å². The molecule has 0 aromatic heterocycles. The summed E-state index contributed by atoms with van der Waals surface area (Å²) >= 11 is 11.3.